The molecule has 0 heterocycles. The molecule has 78 valence electrons. The van der Waals surface area contributed by atoms with E-state index in [0.717, 1.165) is 18.8 Å². The molecule has 1 atom stereocenters. The maximum atomic E-state index is 10.2. The lowest BCUT2D eigenvalue weighted by molar-refractivity contribution is -0.137. The number of carboxylic acid groups (broad SMARTS) is 1. The number of carbonyl (C=O) groups is 1. The summed E-state index contributed by atoms with van der Waals surface area (Å²) in [4.78, 5) is 10.2. The van der Waals surface area contributed by atoms with Gasteiger partial charge in [0, 0.05) is 6.42 Å². The lowest BCUT2D eigenvalue weighted by Gasteiger charge is -2.12. The predicted octanol–water partition coefficient (Wildman–Crippen LogP) is 3.46. The largest absolute Gasteiger partial charge is 0.481 e. The van der Waals surface area contributed by atoms with Gasteiger partial charge in [0.2, 0.25) is 0 Å². The summed E-state index contributed by atoms with van der Waals surface area (Å²) in [6.07, 6.45) is 7.24. The second-order valence-electron chi connectivity index (χ2n) is 3.70. The standard InChI is InChI=1S/C11H22O2/c1-3-7-10(4-2)8-5-6-9-11(12)13/h10H,3-9H2,1-2H3,(H,12,13). The molecule has 0 fully saturated rings. The lowest BCUT2D eigenvalue weighted by atomic mass is 9.94. The molecule has 1 unspecified atom stereocenters. The molecule has 0 bridgehead atoms. The van der Waals surface area contributed by atoms with Gasteiger partial charge in [0.05, 0.1) is 0 Å². The summed E-state index contributed by atoms with van der Waals surface area (Å²) in [5, 5.41) is 8.44. The molecule has 2 nitrogen and oxygen atoms in total. The topological polar surface area (TPSA) is 37.3 Å². The highest BCUT2D eigenvalue weighted by atomic mass is 16.4. The van der Waals surface area contributed by atoms with Crippen LogP contribution in [-0.4, -0.2) is 11.1 Å². The predicted molar refractivity (Wildman–Crippen MR) is 54.8 cm³/mol. The summed E-state index contributed by atoms with van der Waals surface area (Å²) in [7, 11) is 0. The second kappa shape index (κ2) is 8.09. The number of hydrogen-bond acceptors (Lipinski definition) is 1. The molecule has 0 amide bonds. The monoisotopic (exact) mass is 186 g/mol. The highest BCUT2D eigenvalue weighted by molar-refractivity contribution is 5.66. The molecule has 0 rings (SSSR count). The molecule has 0 aromatic rings. The molecule has 0 spiro atoms. The first-order chi connectivity index (χ1) is 6.20. The molecule has 0 radical (unpaired) electrons. The van der Waals surface area contributed by atoms with E-state index in [2.05, 4.69) is 13.8 Å². The highest BCUT2D eigenvalue weighted by Gasteiger charge is 2.05. The number of aliphatic carboxylic acids is 1. The molecule has 1 N–H and O–H groups in total. The Kier molecular flexibility index (Phi) is 7.76. The van der Waals surface area contributed by atoms with Crippen molar-refractivity contribution in [3.63, 3.8) is 0 Å². The van der Waals surface area contributed by atoms with Crippen LogP contribution in [0.5, 0.6) is 0 Å². The number of rotatable bonds is 8. The number of hydrogen-bond donors (Lipinski definition) is 1. The van der Waals surface area contributed by atoms with Gasteiger partial charge >= 0.3 is 5.97 Å². The highest BCUT2D eigenvalue weighted by Crippen LogP contribution is 2.18. The minimum absolute atomic E-state index is 0.336. The number of unbranched alkanes of at least 4 members (excludes halogenated alkanes) is 1. The van der Waals surface area contributed by atoms with Gasteiger partial charge in [-0.25, -0.2) is 0 Å². The van der Waals surface area contributed by atoms with Crippen molar-refractivity contribution >= 4 is 5.97 Å². The summed E-state index contributed by atoms with van der Waals surface area (Å²) in [5.74, 6) is 0.155. The van der Waals surface area contributed by atoms with E-state index in [1.165, 1.54) is 25.7 Å². The molecular formula is C11H22O2. The SMILES string of the molecule is CCCC(CC)CCCCC(=O)O. The van der Waals surface area contributed by atoms with Crippen LogP contribution in [0.4, 0.5) is 0 Å². The van der Waals surface area contributed by atoms with Crippen molar-refractivity contribution in [1.82, 2.24) is 0 Å². The van der Waals surface area contributed by atoms with E-state index >= 15 is 0 Å². The molecule has 0 saturated heterocycles. The van der Waals surface area contributed by atoms with E-state index < -0.39 is 5.97 Å². The Morgan fingerprint density at radius 2 is 1.92 bits per heavy atom. The Morgan fingerprint density at radius 3 is 2.38 bits per heavy atom. The molecule has 2 heteroatoms. The molecule has 0 aromatic heterocycles. The third-order valence-corrected chi connectivity index (χ3v) is 2.53. The van der Waals surface area contributed by atoms with Crippen LogP contribution in [0, 0.1) is 5.92 Å². The fraction of sp³-hybridized carbons (Fsp3) is 0.909. The minimum atomic E-state index is -0.663. The summed E-state index contributed by atoms with van der Waals surface area (Å²) in [6.45, 7) is 4.43. The summed E-state index contributed by atoms with van der Waals surface area (Å²) in [6, 6.07) is 0. The normalized spacial score (nSPS) is 12.8. The zero-order chi connectivity index (χ0) is 10.1. The van der Waals surface area contributed by atoms with Gasteiger partial charge in [0.25, 0.3) is 0 Å². The van der Waals surface area contributed by atoms with E-state index in [-0.39, 0.29) is 0 Å². The van der Waals surface area contributed by atoms with Crippen molar-refractivity contribution in [2.75, 3.05) is 0 Å². The van der Waals surface area contributed by atoms with Crippen molar-refractivity contribution in [3.05, 3.63) is 0 Å². The zero-order valence-electron chi connectivity index (χ0n) is 8.88. The van der Waals surface area contributed by atoms with E-state index in [4.69, 9.17) is 5.11 Å². The van der Waals surface area contributed by atoms with Gasteiger partial charge in [0.15, 0.2) is 0 Å². The zero-order valence-corrected chi connectivity index (χ0v) is 8.88. The van der Waals surface area contributed by atoms with Crippen molar-refractivity contribution in [2.24, 2.45) is 5.92 Å². The first kappa shape index (κ1) is 12.5. The Balaban J connectivity index is 3.32. The van der Waals surface area contributed by atoms with Crippen LogP contribution in [0.1, 0.15) is 58.8 Å². The van der Waals surface area contributed by atoms with E-state index in [1.54, 1.807) is 0 Å². The van der Waals surface area contributed by atoms with Crippen LogP contribution in [0.2, 0.25) is 0 Å². The minimum Gasteiger partial charge on any atom is -0.481 e. The summed E-state index contributed by atoms with van der Waals surface area (Å²) < 4.78 is 0. The smallest absolute Gasteiger partial charge is 0.303 e. The van der Waals surface area contributed by atoms with Gasteiger partial charge < -0.3 is 5.11 Å². The van der Waals surface area contributed by atoms with Crippen molar-refractivity contribution in [3.8, 4) is 0 Å². The van der Waals surface area contributed by atoms with Gasteiger partial charge in [-0.15, -0.1) is 0 Å². The molecule has 0 aliphatic heterocycles. The third kappa shape index (κ3) is 7.82. The fourth-order valence-corrected chi connectivity index (χ4v) is 1.67. The summed E-state index contributed by atoms with van der Waals surface area (Å²) >= 11 is 0. The van der Waals surface area contributed by atoms with E-state index in [1.807, 2.05) is 0 Å². The van der Waals surface area contributed by atoms with Gasteiger partial charge in [-0.2, -0.15) is 0 Å². The number of carboxylic acids is 1. The maximum Gasteiger partial charge on any atom is 0.303 e. The average molecular weight is 186 g/mol. The van der Waals surface area contributed by atoms with Crippen molar-refractivity contribution in [2.45, 2.75) is 58.8 Å². The molecule has 0 aliphatic rings. The lowest BCUT2D eigenvalue weighted by Crippen LogP contribution is -1.99. The van der Waals surface area contributed by atoms with Gasteiger partial charge in [-0.1, -0.05) is 46.0 Å². The molecule has 13 heavy (non-hydrogen) atoms. The van der Waals surface area contributed by atoms with Crippen LogP contribution < -0.4 is 0 Å². The average Bonchev–Trinajstić information content (AvgIpc) is 2.10. The molecule has 0 saturated carbocycles. The van der Waals surface area contributed by atoms with Gasteiger partial charge in [0.1, 0.15) is 0 Å². The summed E-state index contributed by atoms with van der Waals surface area (Å²) in [5.41, 5.74) is 0. The van der Waals surface area contributed by atoms with Crippen LogP contribution >= 0.6 is 0 Å². The molecule has 0 aliphatic carbocycles. The fourth-order valence-electron chi connectivity index (χ4n) is 1.67. The van der Waals surface area contributed by atoms with Gasteiger partial charge in [-0.3, -0.25) is 4.79 Å². The first-order valence-corrected chi connectivity index (χ1v) is 5.42. The Labute approximate surface area is 81.3 Å². The Bertz CT molecular complexity index is 132. The van der Waals surface area contributed by atoms with E-state index in [0.29, 0.717) is 6.42 Å². The van der Waals surface area contributed by atoms with Crippen LogP contribution in [0.3, 0.4) is 0 Å². The quantitative estimate of drug-likeness (QED) is 0.589. The van der Waals surface area contributed by atoms with Crippen LogP contribution in [0.15, 0.2) is 0 Å². The first-order valence-electron chi connectivity index (χ1n) is 5.42. The maximum absolute atomic E-state index is 10.2. The van der Waals surface area contributed by atoms with Crippen LogP contribution in [0.25, 0.3) is 0 Å². The Morgan fingerprint density at radius 1 is 1.23 bits per heavy atom. The van der Waals surface area contributed by atoms with Gasteiger partial charge in [-0.05, 0) is 12.3 Å². The van der Waals surface area contributed by atoms with Crippen molar-refractivity contribution in [1.29, 1.82) is 0 Å². The molecule has 0 aromatic carbocycles. The second-order valence-corrected chi connectivity index (χ2v) is 3.70. The molecular weight excluding hydrogens is 164 g/mol. The van der Waals surface area contributed by atoms with E-state index in [9.17, 15) is 4.79 Å². The van der Waals surface area contributed by atoms with Crippen molar-refractivity contribution < 1.29 is 9.90 Å². The third-order valence-electron chi connectivity index (χ3n) is 2.53. The Hall–Kier alpha value is -0.530. The van der Waals surface area contributed by atoms with Crippen LogP contribution in [-0.2, 0) is 4.79 Å².